The highest BCUT2D eigenvalue weighted by Crippen LogP contribution is 2.44. The number of hydrogen-bond donors (Lipinski definition) is 0. The maximum atomic E-state index is 12.8. The smallest absolute Gasteiger partial charge is 0.103 e. The van der Waals surface area contributed by atoms with Crippen molar-refractivity contribution in [2.75, 3.05) is 0 Å². The second-order valence-corrected chi connectivity index (χ2v) is 9.00. The fourth-order valence-corrected chi connectivity index (χ4v) is 5.62. The number of aromatic nitrogens is 1. The van der Waals surface area contributed by atoms with E-state index in [2.05, 4.69) is 4.98 Å². The number of hydrogen-bond acceptors (Lipinski definition) is 6. The van der Waals surface area contributed by atoms with E-state index >= 15 is 0 Å². The summed E-state index contributed by atoms with van der Waals surface area (Å²) < 4.78 is 0.880. The van der Waals surface area contributed by atoms with E-state index in [1.807, 2.05) is 84.9 Å². The lowest BCUT2D eigenvalue weighted by atomic mass is 9.68. The van der Waals surface area contributed by atoms with Crippen molar-refractivity contribution in [2.45, 2.75) is 18.8 Å². The summed E-state index contributed by atoms with van der Waals surface area (Å²) in [6.45, 7) is 0. The first kappa shape index (κ1) is 21.2. The number of aliphatic carboxylic acids is 1. The van der Waals surface area contributed by atoms with Crippen LogP contribution >= 0.6 is 11.3 Å². The molecule has 0 spiro atoms. The summed E-state index contributed by atoms with van der Waals surface area (Å²) in [7, 11) is 0. The van der Waals surface area contributed by atoms with Crippen LogP contribution in [0.3, 0.4) is 0 Å². The normalized spacial score (nSPS) is 12.5. The molecule has 4 aromatic rings. The third-order valence-electron chi connectivity index (χ3n) is 5.48. The summed E-state index contributed by atoms with van der Waals surface area (Å²) in [5.41, 5.74) is 0.737. The zero-order valence-electron chi connectivity index (χ0n) is 16.6. The Labute approximate surface area is 190 Å². The van der Waals surface area contributed by atoms with Crippen molar-refractivity contribution < 1.29 is 14.7 Å². The number of benzene rings is 3. The zero-order valence-corrected chi connectivity index (χ0v) is 18.2. The molecule has 0 amide bonds. The molecule has 0 fully saturated rings. The van der Waals surface area contributed by atoms with Crippen LogP contribution in [0.15, 0.2) is 84.9 Å². The molecule has 0 radical (unpaired) electrons. The van der Waals surface area contributed by atoms with Gasteiger partial charge in [-0.2, -0.15) is 0 Å². The number of carboxylic acid groups (broad SMARTS) is 1. The Bertz CT molecular complexity index is 1130. The zero-order chi connectivity index (χ0) is 21.8. The maximum Gasteiger partial charge on any atom is 0.103 e. The number of para-hydroxylation sites is 1. The van der Waals surface area contributed by atoms with E-state index in [4.69, 9.17) is 12.6 Å². The van der Waals surface area contributed by atoms with E-state index in [-0.39, 0.29) is 12.8 Å². The summed E-state index contributed by atoms with van der Waals surface area (Å²) in [4.78, 5) is 30.3. The molecule has 1 atom stereocenters. The fourth-order valence-electron chi connectivity index (χ4n) is 4.03. The number of nitrogens with zero attached hydrogens (tertiary/aromatic N) is 1. The molecule has 1 aromatic heterocycles. The molecule has 4 nitrogen and oxygen atoms in total. The minimum absolute atomic E-state index is 0.105. The monoisotopic (exact) mass is 445 g/mol. The average Bonchev–Trinajstić information content (AvgIpc) is 3.18. The highest BCUT2D eigenvalue weighted by atomic mass is 32.1. The fraction of sp³-hybridized carbons (Fsp3) is 0.160. The molecule has 156 valence electrons. The van der Waals surface area contributed by atoms with Crippen LogP contribution in [0, 0.1) is 5.41 Å². The highest BCUT2D eigenvalue weighted by molar-refractivity contribution is 7.77. The van der Waals surface area contributed by atoms with E-state index in [1.54, 1.807) is 0 Å². The van der Waals surface area contributed by atoms with Gasteiger partial charge >= 0.3 is 0 Å². The topological polar surface area (TPSA) is 70.1 Å². The van der Waals surface area contributed by atoms with Crippen LogP contribution in [-0.4, -0.2) is 16.1 Å². The van der Waals surface area contributed by atoms with Crippen molar-refractivity contribution in [1.82, 2.24) is 4.98 Å². The van der Waals surface area contributed by atoms with Gasteiger partial charge in [0.2, 0.25) is 0 Å². The molecule has 0 N–H and O–H groups in total. The number of carbonyl (C=O) groups is 2. The van der Waals surface area contributed by atoms with E-state index in [0.29, 0.717) is 5.01 Å². The first-order chi connectivity index (χ1) is 15.0. The number of carboxylic acids is 1. The van der Waals surface area contributed by atoms with Crippen LogP contribution in [-0.2, 0) is 35.1 Å². The van der Waals surface area contributed by atoms with Crippen LogP contribution in [0.2, 0.25) is 0 Å². The molecule has 0 aliphatic heterocycles. The van der Waals surface area contributed by atoms with E-state index in [0.717, 1.165) is 21.3 Å². The van der Waals surface area contributed by atoms with Gasteiger partial charge in [0.1, 0.15) is 5.01 Å². The largest absolute Gasteiger partial charge is 0.741 e. The molecule has 1 heterocycles. The molecule has 3 aromatic carbocycles. The van der Waals surface area contributed by atoms with Crippen LogP contribution in [0.4, 0.5) is 0 Å². The Morgan fingerprint density at radius 1 is 0.871 bits per heavy atom. The Hall–Kier alpha value is -3.09. The lowest BCUT2D eigenvalue weighted by molar-refractivity contribution is -0.320. The second kappa shape index (κ2) is 8.96. The van der Waals surface area contributed by atoms with Gasteiger partial charge < -0.3 is 27.3 Å². The molecule has 6 heteroatoms. The lowest BCUT2D eigenvalue weighted by Gasteiger charge is -2.42. The summed E-state index contributed by atoms with van der Waals surface area (Å²) in [6, 6.07) is 26.0. The van der Waals surface area contributed by atoms with Gasteiger partial charge in [-0.1, -0.05) is 72.8 Å². The van der Waals surface area contributed by atoms with Crippen LogP contribution in [0.25, 0.3) is 10.2 Å². The third kappa shape index (κ3) is 4.36. The standard InChI is InChI=1S/C25H21NO3S2/c27-23(30)21(22-26-19-13-7-8-14-20(19)31-22)25(24(28)29,15-17-9-3-1-4-10-17)16-18-11-5-2-6-12-18/h1-14,21H,15-16H2,(H,27,30)(H,28,29)/p-2. The molecular weight excluding hydrogens is 426 g/mol. The van der Waals surface area contributed by atoms with Gasteiger partial charge in [0.15, 0.2) is 0 Å². The van der Waals surface area contributed by atoms with Gasteiger partial charge in [0.25, 0.3) is 0 Å². The van der Waals surface area contributed by atoms with Gasteiger partial charge in [-0.3, -0.25) is 0 Å². The van der Waals surface area contributed by atoms with Crippen molar-refractivity contribution >= 4 is 45.3 Å². The minimum Gasteiger partial charge on any atom is -0.741 e. The Kier molecular flexibility index (Phi) is 6.11. The van der Waals surface area contributed by atoms with Gasteiger partial charge in [-0.15, -0.1) is 11.3 Å². The van der Waals surface area contributed by atoms with Crippen molar-refractivity contribution in [1.29, 1.82) is 0 Å². The average molecular weight is 446 g/mol. The predicted octanol–water partition coefficient (Wildman–Crippen LogP) is 3.68. The highest BCUT2D eigenvalue weighted by Gasteiger charge is 2.44. The maximum absolute atomic E-state index is 12.8. The molecule has 4 rings (SSSR count). The van der Waals surface area contributed by atoms with E-state index in [9.17, 15) is 14.7 Å². The van der Waals surface area contributed by atoms with Crippen LogP contribution in [0.5, 0.6) is 0 Å². The van der Waals surface area contributed by atoms with Crippen molar-refractivity contribution in [2.24, 2.45) is 5.41 Å². The molecule has 0 saturated carbocycles. The van der Waals surface area contributed by atoms with E-state index < -0.39 is 22.4 Å². The molecule has 1 unspecified atom stereocenters. The summed E-state index contributed by atoms with van der Waals surface area (Å²) in [5.74, 6) is -2.41. The molecule has 0 bridgehead atoms. The molecular formula is C25H19NO3S2-2. The number of carbonyl (C=O) groups excluding carboxylic acids is 2. The van der Waals surface area contributed by atoms with Crippen molar-refractivity contribution in [3.63, 3.8) is 0 Å². The Morgan fingerprint density at radius 2 is 1.39 bits per heavy atom. The SMILES string of the molecule is O=C([S-])C(c1nc2ccccc2s1)C(Cc1ccccc1)(Cc1ccccc1)C(=O)[O-]. The molecule has 0 aliphatic rings. The van der Waals surface area contributed by atoms with Crippen molar-refractivity contribution in [3.05, 3.63) is 101 Å². The molecule has 31 heavy (non-hydrogen) atoms. The third-order valence-corrected chi connectivity index (χ3v) is 6.81. The van der Waals surface area contributed by atoms with Crippen molar-refractivity contribution in [3.8, 4) is 0 Å². The first-order valence-electron chi connectivity index (χ1n) is 9.85. The predicted molar refractivity (Wildman–Crippen MR) is 122 cm³/mol. The number of thiazole rings is 1. The number of fused-ring (bicyclic) bond motifs is 1. The lowest BCUT2D eigenvalue weighted by Crippen LogP contribution is -2.51. The van der Waals surface area contributed by atoms with E-state index in [1.165, 1.54) is 11.3 Å². The Morgan fingerprint density at radius 3 is 1.87 bits per heavy atom. The summed E-state index contributed by atoms with van der Waals surface area (Å²) in [5, 5.41) is 12.6. The second-order valence-electron chi connectivity index (χ2n) is 7.54. The van der Waals surface area contributed by atoms with Crippen LogP contribution < -0.4 is 5.11 Å². The molecule has 0 aliphatic carbocycles. The minimum atomic E-state index is -1.57. The van der Waals surface area contributed by atoms with Gasteiger partial charge in [-0.25, -0.2) is 4.98 Å². The first-order valence-corrected chi connectivity index (χ1v) is 11.1. The summed E-state index contributed by atoms with van der Waals surface area (Å²) in [6.07, 6.45) is 0.210. The quantitative estimate of drug-likeness (QED) is 0.387. The Balaban J connectivity index is 1.90. The van der Waals surface area contributed by atoms with Crippen LogP contribution in [0.1, 0.15) is 22.1 Å². The van der Waals surface area contributed by atoms with Gasteiger partial charge in [-0.05, 0) is 36.1 Å². The van der Waals surface area contributed by atoms with Gasteiger partial charge in [0.05, 0.1) is 16.1 Å². The molecule has 0 saturated heterocycles. The summed E-state index contributed by atoms with van der Waals surface area (Å²) >= 11 is 6.43. The number of rotatable bonds is 8. The van der Waals surface area contributed by atoms with Gasteiger partial charge in [0, 0.05) is 16.5 Å².